The molecular formula is C21H31N3O4S. The zero-order valence-electron chi connectivity index (χ0n) is 17.5. The fraction of sp³-hybridized carbons (Fsp3) is 0.714. The van der Waals surface area contributed by atoms with Crippen LogP contribution in [0.5, 0.6) is 0 Å². The molecule has 4 aliphatic rings. The van der Waals surface area contributed by atoms with Crippen LogP contribution in [0.15, 0.2) is 34.1 Å². The molecule has 4 aliphatic carbocycles. The van der Waals surface area contributed by atoms with Gasteiger partial charge in [-0.3, -0.25) is 0 Å². The molecule has 7 nitrogen and oxygen atoms in total. The molecule has 2 saturated carbocycles. The monoisotopic (exact) mass is 421 g/mol. The molecule has 0 unspecified atom stereocenters. The lowest BCUT2D eigenvalue weighted by Gasteiger charge is -2.57. The van der Waals surface area contributed by atoms with Gasteiger partial charge in [0.15, 0.2) is 0 Å². The molecule has 0 bridgehead atoms. The topological polar surface area (TPSA) is 111 Å². The number of nitrogens with one attached hydrogen (secondary N) is 1. The summed E-state index contributed by atoms with van der Waals surface area (Å²) in [6.07, 6.45) is 11.6. The van der Waals surface area contributed by atoms with Crippen molar-refractivity contribution in [2.24, 2.45) is 38.8 Å². The first kappa shape index (κ1) is 20.6. The van der Waals surface area contributed by atoms with E-state index in [0.29, 0.717) is 35.6 Å². The number of oxime groups is 1. The normalized spacial score (nSPS) is 46.8. The first-order chi connectivity index (χ1) is 13.4. The average molecular weight is 422 g/mol. The Morgan fingerprint density at radius 2 is 1.86 bits per heavy atom. The number of nitrogens with zero attached hydrogens (tertiary/aromatic N) is 2. The highest BCUT2D eigenvalue weighted by molar-refractivity contribution is 7.88. The maximum Gasteiger partial charge on any atom is 0.244 e. The molecule has 3 N–H and O–H groups in total. The van der Waals surface area contributed by atoms with E-state index in [-0.39, 0.29) is 10.8 Å². The number of rotatable bonds is 2. The standard InChI is InChI=1S/C21H31N3O4S/c1-19-12-18(23-26)17(22-24-29(4,27)28)11-13(19)5-6-14-15(19)7-9-20(2)16(14)8-10-21(20,3)25/h5-6,11,14-16,24-26H,7-10,12H2,1-4H3/t14-,15+,16+,19+,20+,21+/m1/s1. The van der Waals surface area contributed by atoms with Gasteiger partial charge in [0.25, 0.3) is 0 Å². The van der Waals surface area contributed by atoms with Crippen molar-refractivity contribution in [2.75, 3.05) is 6.26 Å². The summed E-state index contributed by atoms with van der Waals surface area (Å²) in [6.45, 7) is 6.44. The van der Waals surface area contributed by atoms with Crippen LogP contribution in [0, 0.1) is 28.6 Å². The van der Waals surface area contributed by atoms with E-state index in [4.69, 9.17) is 0 Å². The molecule has 2 fully saturated rings. The summed E-state index contributed by atoms with van der Waals surface area (Å²) < 4.78 is 22.8. The molecule has 0 saturated heterocycles. The number of hydrogen-bond donors (Lipinski definition) is 3. The van der Waals surface area contributed by atoms with Crippen LogP contribution >= 0.6 is 0 Å². The predicted octanol–water partition coefficient (Wildman–Crippen LogP) is 2.82. The van der Waals surface area contributed by atoms with E-state index in [1.807, 2.05) is 13.0 Å². The highest BCUT2D eigenvalue weighted by Crippen LogP contribution is 2.65. The number of sulfonamides is 1. The highest BCUT2D eigenvalue weighted by atomic mass is 32.2. The average Bonchev–Trinajstić information content (AvgIpc) is 2.88. The Hall–Kier alpha value is -1.67. The molecule has 8 heteroatoms. The third kappa shape index (κ3) is 3.06. The summed E-state index contributed by atoms with van der Waals surface area (Å²) in [7, 11) is -3.49. The van der Waals surface area contributed by atoms with Crippen LogP contribution < -0.4 is 4.83 Å². The summed E-state index contributed by atoms with van der Waals surface area (Å²) in [5.41, 5.74) is 0.917. The second-order valence-corrected chi connectivity index (χ2v) is 11.7. The van der Waals surface area contributed by atoms with Crippen LogP contribution in [0.25, 0.3) is 0 Å². The van der Waals surface area contributed by atoms with E-state index in [0.717, 1.165) is 37.5 Å². The Labute approximate surface area is 172 Å². The summed E-state index contributed by atoms with van der Waals surface area (Å²) in [4.78, 5) is 2.14. The molecule has 0 aromatic heterocycles. The minimum absolute atomic E-state index is 0.0787. The minimum Gasteiger partial charge on any atom is -0.411 e. The van der Waals surface area contributed by atoms with Crippen molar-refractivity contribution in [1.82, 2.24) is 4.83 Å². The molecule has 6 atom stereocenters. The quantitative estimate of drug-likeness (QED) is 0.470. The molecule has 160 valence electrons. The number of fused-ring (bicyclic) bond motifs is 5. The first-order valence-corrected chi connectivity index (χ1v) is 12.2. The SMILES string of the molecule is C[C@]12CC(=NO)C(=NNS(C)(=O)=O)C=C1C=C[C@@H]1[C@@H]2CC[C@@]2(C)[C@H]1CC[C@]2(C)O. The van der Waals surface area contributed by atoms with Gasteiger partial charge in [0.2, 0.25) is 10.0 Å². The van der Waals surface area contributed by atoms with Crippen molar-refractivity contribution < 1.29 is 18.7 Å². The number of aliphatic hydroxyl groups is 1. The lowest BCUT2D eigenvalue weighted by Crippen LogP contribution is -2.53. The van der Waals surface area contributed by atoms with Crippen LogP contribution in [-0.4, -0.2) is 42.0 Å². The van der Waals surface area contributed by atoms with E-state index in [2.05, 4.69) is 41.1 Å². The molecule has 0 heterocycles. The number of allylic oxidation sites excluding steroid dienone is 4. The molecule has 0 aromatic rings. The summed E-state index contributed by atoms with van der Waals surface area (Å²) in [6, 6.07) is 0. The zero-order valence-corrected chi connectivity index (χ0v) is 18.3. The second kappa shape index (κ2) is 6.41. The summed E-state index contributed by atoms with van der Waals surface area (Å²) in [5.74, 6) is 1.19. The fourth-order valence-corrected chi connectivity index (χ4v) is 6.77. The van der Waals surface area contributed by atoms with Gasteiger partial charge >= 0.3 is 0 Å². The third-order valence-electron chi connectivity index (χ3n) is 8.45. The third-order valence-corrected chi connectivity index (χ3v) is 8.87. The van der Waals surface area contributed by atoms with Gasteiger partial charge in [-0.2, -0.15) is 5.10 Å². The minimum atomic E-state index is -3.49. The molecule has 29 heavy (non-hydrogen) atoms. The molecule has 4 rings (SSSR count). The van der Waals surface area contributed by atoms with E-state index in [1.54, 1.807) is 0 Å². The Bertz CT molecular complexity index is 949. The maximum atomic E-state index is 11.4. The van der Waals surface area contributed by atoms with Crippen molar-refractivity contribution in [2.45, 2.75) is 58.5 Å². The highest BCUT2D eigenvalue weighted by Gasteiger charge is 2.61. The van der Waals surface area contributed by atoms with E-state index in [9.17, 15) is 18.7 Å². The van der Waals surface area contributed by atoms with Crippen molar-refractivity contribution >= 4 is 21.4 Å². The van der Waals surface area contributed by atoms with Gasteiger partial charge in [-0.1, -0.05) is 31.2 Å². The van der Waals surface area contributed by atoms with Crippen LogP contribution in [0.4, 0.5) is 0 Å². The number of hydrogen-bond acceptors (Lipinski definition) is 6. The molecular weight excluding hydrogens is 390 g/mol. The largest absolute Gasteiger partial charge is 0.411 e. The lowest BCUT2D eigenvalue weighted by atomic mass is 9.48. The molecule has 0 aromatic carbocycles. The van der Waals surface area contributed by atoms with E-state index in [1.165, 1.54) is 0 Å². The van der Waals surface area contributed by atoms with Gasteiger partial charge < -0.3 is 10.3 Å². The first-order valence-electron chi connectivity index (χ1n) is 10.3. The van der Waals surface area contributed by atoms with Crippen LogP contribution in [0.1, 0.15) is 52.9 Å². The van der Waals surface area contributed by atoms with Gasteiger partial charge in [-0.25, -0.2) is 13.2 Å². The Morgan fingerprint density at radius 1 is 1.17 bits per heavy atom. The lowest BCUT2D eigenvalue weighted by molar-refractivity contribution is -0.101. The van der Waals surface area contributed by atoms with E-state index >= 15 is 0 Å². The molecule has 0 radical (unpaired) electrons. The smallest absolute Gasteiger partial charge is 0.244 e. The van der Waals surface area contributed by atoms with Crippen molar-refractivity contribution in [3.63, 3.8) is 0 Å². The molecule has 0 spiro atoms. The van der Waals surface area contributed by atoms with Crippen LogP contribution in [0.3, 0.4) is 0 Å². The maximum absolute atomic E-state index is 11.4. The zero-order chi connectivity index (χ0) is 21.2. The summed E-state index contributed by atoms with van der Waals surface area (Å²) >= 11 is 0. The predicted molar refractivity (Wildman–Crippen MR) is 112 cm³/mol. The summed E-state index contributed by atoms with van der Waals surface area (Å²) in [5, 5.41) is 28.0. The van der Waals surface area contributed by atoms with Crippen molar-refractivity contribution in [1.29, 1.82) is 0 Å². The van der Waals surface area contributed by atoms with Gasteiger partial charge in [0, 0.05) is 11.8 Å². The van der Waals surface area contributed by atoms with Gasteiger partial charge in [-0.15, -0.1) is 0 Å². The van der Waals surface area contributed by atoms with Crippen LogP contribution in [0.2, 0.25) is 0 Å². The fourth-order valence-electron chi connectivity index (χ4n) is 6.50. The molecule has 0 aliphatic heterocycles. The van der Waals surface area contributed by atoms with E-state index < -0.39 is 15.6 Å². The van der Waals surface area contributed by atoms with Gasteiger partial charge in [0.05, 0.1) is 11.9 Å². The Balaban J connectivity index is 1.73. The van der Waals surface area contributed by atoms with Crippen molar-refractivity contribution in [3.05, 3.63) is 23.8 Å². The van der Waals surface area contributed by atoms with Crippen LogP contribution in [-0.2, 0) is 10.0 Å². The van der Waals surface area contributed by atoms with Gasteiger partial charge in [-0.05, 0) is 67.4 Å². The second-order valence-electron chi connectivity index (χ2n) is 10.0. The van der Waals surface area contributed by atoms with Crippen molar-refractivity contribution in [3.8, 4) is 0 Å². The Morgan fingerprint density at radius 3 is 2.52 bits per heavy atom. The van der Waals surface area contributed by atoms with Gasteiger partial charge in [0.1, 0.15) is 11.4 Å². The number of hydrazone groups is 1. The molecule has 0 amide bonds. The Kier molecular flexibility index (Phi) is 4.55.